The minimum atomic E-state index is 0.696. The first kappa shape index (κ1) is 15.1. The Hall–Kier alpha value is -0.840. The molecule has 0 radical (unpaired) electrons. The lowest BCUT2D eigenvalue weighted by molar-refractivity contribution is 0.121. The lowest BCUT2D eigenvalue weighted by Gasteiger charge is -2.36. The second-order valence-electron chi connectivity index (χ2n) is 6.60. The summed E-state index contributed by atoms with van der Waals surface area (Å²) in [6.07, 6.45) is 7.07. The zero-order valence-electron chi connectivity index (χ0n) is 13.5. The van der Waals surface area contributed by atoms with Gasteiger partial charge in [0.15, 0.2) is 0 Å². The standard InChI is InChI=1S/C17H29N3O/c1-3-20-9-6-16(7-10-20)19(2)13-17-14(8-11-21-17)12-18-15-4-5-15/h8,11,15-16,18H,3-7,9-10,12-13H2,1-2H3. The fraction of sp³-hybridized carbons (Fsp3) is 0.765. The fourth-order valence-corrected chi connectivity index (χ4v) is 3.24. The van der Waals surface area contributed by atoms with Crippen molar-refractivity contribution in [3.63, 3.8) is 0 Å². The van der Waals surface area contributed by atoms with Crippen LogP contribution in [0.1, 0.15) is 43.9 Å². The van der Waals surface area contributed by atoms with Crippen LogP contribution in [0.15, 0.2) is 16.7 Å². The van der Waals surface area contributed by atoms with Crippen LogP contribution in [-0.2, 0) is 13.1 Å². The Labute approximate surface area is 128 Å². The molecule has 1 saturated heterocycles. The Bertz CT molecular complexity index is 433. The van der Waals surface area contributed by atoms with Crippen molar-refractivity contribution in [2.45, 2.75) is 57.8 Å². The van der Waals surface area contributed by atoms with Crippen molar-refractivity contribution in [2.24, 2.45) is 0 Å². The van der Waals surface area contributed by atoms with E-state index in [9.17, 15) is 0 Å². The van der Waals surface area contributed by atoms with E-state index in [1.165, 1.54) is 50.9 Å². The van der Waals surface area contributed by atoms with Gasteiger partial charge >= 0.3 is 0 Å². The number of nitrogens with zero attached hydrogens (tertiary/aromatic N) is 2. The molecule has 2 aliphatic rings. The third-order valence-electron chi connectivity index (χ3n) is 5.02. The summed E-state index contributed by atoms with van der Waals surface area (Å²) in [6, 6.07) is 3.57. The Morgan fingerprint density at radius 3 is 2.71 bits per heavy atom. The summed E-state index contributed by atoms with van der Waals surface area (Å²) >= 11 is 0. The van der Waals surface area contributed by atoms with Crippen LogP contribution in [0.2, 0.25) is 0 Å². The molecule has 0 aromatic carbocycles. The fourth-order valence-electron chi connectivity index (χ4n) is 3.24. The molecule has 0 amide bonds. The van der Waals surface area contributed by atoms with Gasteiger partial charge in [0.2, 0.25) is 0 Å². The van der Waals surface area contributed by atoms with E-state index in [4.69, 9.17) is 4.42 Å². The average molecular weight is 291 g/mol. The molecule has 2 fully saturated rings. The van der Waals surface area contributed by atoms with Gasteiger partial charge in [-0.2, -0.15) is 0 Å². The highest BCUT2D eigenvalue weighted by Crippen LogP contribution is 2.22. The molecule has 0 bridgehead atoms. The quantitative estimate of drug-likeness (QED) is 0.836. The number of likely N-dealkylation sites (tertiary alicyclic amines) is 1. The molecule has 0 spiro atoms. The average Bonchev–Trinajstić information content (AvgIpc) is 3.25. The zero-order valence-corrected chi connectivity index (χ0v) is 13.5. The van der Waals surface area contributed by atoms with Crippen LogP contribution in [0.25, 0.3) is 0 Å². The van der Waals surface area contributed by atoms with E-state index in [1.807, 2.05) is 6.26 Å². The van der Waals surface area contributed by atoms with Crippen molar-refractivity contribution in [3.8, 4) is 0 Å². The van der Waals surface area contributed by atoms with Gasteiger partial charge in [-0.05, 0) is 58.4 Å². The zero-order chi connectivity index (χ0) is 14.7. The number of rotatable bonds is 7. The third kappa shape index (κ3) is 4.09. The molecule has 2 heterocycles. The van der Waals surface area contributed by atoms with Crippen LogP contribution in [0, 0.1) is 0 Å². The number of piperidine rings is 1. The lowest BCUT2D eigenvalue weighted by Crippen LogP contribution is -2.43. The largest absolute Gasteiger partial charge is 0.468 e. The molecule has 21 heavy (non-hydrogen) atoms. The van der Waals surface area contributed by atoms with Crippen molar-refractivity contribution in [3.05, 3.63) is 23.7 Å². The topological polar surface area (TPSA) is 31.6 Å². The molecule has 1 aliphatic heterocycles. The van der Waals surface area contributed by atoms with Gasteiger partial charge in [0.25, 0.3) is 0 Å². The molecular weight excluding hydrogens is 262 g/mol. The molecule has 4 heteroatoms. The molecule has 118 valence electrons. The minimum absolute atomic E-state index is 0.696. The van der Waals surface area contributed by atoms with Crippen LogP contribution in [0.5, 0.6) is 0 Å². The number of furan rings is 1. The maximum atomic E-state index is 5.73. The molecule has 1 saturated carbocycles. The monoisotopic (exact) mass is 291 g/mol. The van der Waals surface area contributed by atoms with Crippen molar-refractivity contribution >= 4 is 0 Å². The Morgan fingerprint density at radius 2 is 2.05 bits per heavy atom. The van der Waals surface area contributed by atoms with Gasteiger partial charge in [-0.1, -0.05) is 6.92 Å². The molecule has 1 N–H and O–H groups in total. The molecule has 4 nitrogen and oxygen atoms in total. The van der Waals surface area contributed by atoms with Crippen LogP contribution >= 0.6 is 0 Å². The minimum Gasteiger partial charge on any atom is -0.468 e. The number of hydrogen-bond donors (Lipinski definition) is 1. The third-order valence-corrected chi connectivity index (χ3v) is 5.02. The number of nitrogens with one attached hydrogen (secondary N) is 1. The predicted octanol–water partition coefficient (Wildman–Crippen LogP) is 2.45. The number of hydrogen-bond acceptors (Lipinski definition) is 4. The van der Waals surface area contributed by atoms with Gasteiger partial charge in [-0.25, -0.2) is 0 Å². The summed E-state index contributed by atoms with van der Waals surface area (Å²) in [6.45, 7) is 7.81. The second kappa shape index (κ2) is 6.95. The van der Waals surface area contributed by atoms with Gasteiger partial charge < -0.3 is 14.6 Å². The van der Waals surface area contributed by atoms with Gasteiger partial charge in [0.05, 0.1) is 12.8 Å². The van der Waals surface area contributed by atoms with Crippen molar-refractivity contribution in [1.82, 2.24) is 15.1 Å². The van der Waals surface area contributed by atoms with E-state index in [1.54, 1.807) is 0 Å². The lowest BCUT2D eigenvalue weighted by atomic mass is 10.0. The first-order valence-corrected chi connectivity index (χ1v) is 8.47. The van der Waals surface area contributed by atoms with E-state index in [0.29, 0.717) is 6.04 Å². The van der Waals surface area contributed by atoms with Crippen LogP contribution in [0.4, 0.5) is 0 Å². The molecule has 1 aromatic heterocycles. The van der Waals surface area contributed by atoms with E-state index >= 15 is 0 Å². The van der Waals surface area contributed by atoms with E-state index < -0.39 is 0 Å². The van der Waals surface area contributed by atoms with Gasteiger partial charge in [-0.15, -0.1) is 0 Å². The Balaban J connectivity index is 1.50. The summed E-state index contributed by atoms with van der Waals surface area (Å²) in [7, 11) is 2.24. The highest BCUT2D eigenvalue weighted by molar-refractivity contribution is 5.17. The highest BCUT2D eigenvalue weighted by atomic mass is 16.3. The highest BCUT2D eigenvalue weighted by Gasteiger charge is 2.24. The summed E-state index contributed by atoms with van der Waals surface area (Å²) < 4.78 is 5.73. The molecule has 0 unspecified atom stereocenters. The van der Waals surface area contributed by atoms with Crippen molar-refractivity contribution < 1.29 is 4.42 Å². The summed E-state index contributed by atoms with van der Waals surface area (Å²) in [5.41, 5.74) is 1.33. The predicted molar refractivity (Wildman–Crippen MR) is 85.2 cm³/mol. The molecular formula is C17H29N3O. The van der Waals surface area contributed by atoms with Crippen molar-refractivity contribution in [1.29, 1.82) is 0 Å². The summed E-state index contributed by atoms with van der Waals surface area (Å²) in [5, 5.41) is 3.58. The van der Waals surface area contributed by atoms with Crippen LogP contribution in [-0.4, -0.2) is 48.6 Å². The maximum absolute atomic E-state index is 5.73. The molecule has 0 atom stereocenters. The second-order valence-corrected chi connectivity index (χ2v) is 6.60. The molecule has 1 aliphatic carbocycles. The van der Waals surface area contributed by atoms with E-state index in [0.717, 1.165) is 24.9 Å². The van der Waals surface area contributed by atoms with Gasteiger partial charge in [0.1, 0.15) is 5.76 Å². The first-order valence-electron chi connectivity index (χ1n) is 8.47. The smallest absolute Gasteiger partial charge is 0.122 e. The molecule has 1 aromatic rings. The SMILES string of the molecule is CCN1CCC(N(C)Cc2occc2CNC2CC2)CC1. The van der Waals surface area contributed by atoms with Crippen molar-refractivity contribution in [2.75, 3.05) is 26.7 Å². The van der Waals surface area contributed by atoms with Gasteiger partial charge in [0, 0.05) is 24.2 Å². The summed E-state index contributed by atoms with van der Waals surface area (Å²) in [5.74, 6) is 1.14. The maximum Gasteiger partial charge on any atom is 0.122 e. The van der Waals surface area contributed by atoms with E-state index in [-0.39, 0.29) is 0 Å². The molecule has 3 rings (SSSR count). The Kier molecular flexibility index (Phi) is 4.99. The van der Waals surface area contributed by atoms with Gasteiger partial charge in [-0.3, -0.25) is 4.90 Å². The normalized spacial score (nSPS) is 21.3. The van der Waals surface area contributed by atoms with Crippen LogP contribution in [0.3, 0.4) is 0 Å². The van der Waals surface area contributed by atoms with Crippen LogP contribution < -0.4 is 5.32 Å². The Morgan fingerprint density at radius 1 is 1.29 bits per heavy atom. The summed E-state index contributed by atoms with van der Waals surface area (Å²) in [4.78, 5) is 5.02. The first-order chi connectivity index (χ1) is 10.3. The van der Waals surface area contributed by atoms with E-state index in [2.05, 4.69) is 35.2 Å².